The molecule has 0 spiro atoms. The smallest absolute Gasteiger partial charge is 0.406 e. The van der Waals surface area contributed by atoms with Crippen molar-refractivity contribution in [2.24, 2.45) is 17.8 Å². The summed E-state index contributed by atoms with van der Waals surface area (Å²) in [7, 11) is -3.80. The van der Waals surface area contributed by atoms with Crippen LogP contribution < -0.4 is 9.64 Å². The SMILES string of the molecule is O=S(=O)(c1ccc(OC(F)(F)F)cc1)N1CC2C(Cc3ccc(N4CCOCC4)c(F)c3)C2C1. The Labute approximate surface area is 195 Å². The van der Waals surface area contributed by atoms with E-state index in [0.717, 1.165) is 29.8 Å². The van der Waals surface area contributed by atoms with Gasteiger partial charge in [-0.05, 0) is 66.1 Å². The quantitative estimate of drug-likeness (QED) is 0.567. The van der Waals surface area contributed by atoms with Crippen LogP contribution in [0.4, 0.5) is 23.2 Å². The van der Waals surface area contributed by atoms with Gasteiger partial charge >= 0.3 is 6.36 Å². The van der Waals surface area contributed by atoms with Crippen LogP contribution in [0.2, 0.25) is 0 Å². The number of morpholine rings is 1. The van der Waals surface area contributed by atoms with Crippen LogP contribution >= 0.6 is 0 Å². The monoisotopic (exact) mass is 500 g/mol. The maximum Gasteiger partial charge on any atom is 0.573 e. The lowest BCUT2D eigenvalue weighted by Gasteiger charge is -2.29. The fourth-order valence-electron chi connectivity index (χ4n) is 5.08. The molecule has 2 saturated heterocycles. The molecular weight excluding hydrogens is 476 g/mol. The molecular formula is C23H24F4N2O4S. The Hall–Kier alpha value is -2.37. The van der Waals surface area contributed by atoms with Crippen LogP contribution in [-0.2, 0) is 21.2 Å². The first-order valence-corrected chi connectivity index (χ1v) is 12.5. The zero-order chi connectivity index (χ0) is 24.1. The zero-order valence-electron chi connectivity index (χ0n) is 18.2. The second-order valence-electron chi connectivity index (χ2n) is 8.92. The number of alkyl halides is 3. The van der Waals surface area contributed by atoms with Crippen molar-refractivity contribution in [2.45, 2.75) is 17.7 Å². The number of halogens is 4. The lowest BCUT2D eigenvalue weighted by molar-refractivity contribution is -0.274. The van der Waals surface area contributed by atoms with Gasteiger partial charge in [-0.2, -0.15) is 4.31 Å². The fraction of sp³-hybridized carbons (Fsp3) is 0.478. The molecule has 1 aliphatic carbocycles. The minimum absolute atomic E-state index is 0.0688. The Balaban J connectivity index is 1.18. The van der Waals surface area contributed by atoms with Crippen molar-refractivity contribution in [1.29, 1.82) is 0 Å². The van der Waals surface area contributed by atoms with E-state index in [9.17, 15) is 26.0 Å². The highest BCUT2D eigenvalue weighted by Gasteiger charge is 2.57. The molecule has 2 aromatic carbocycles. The van der Waals surface area contributed by atoms with E-state index in [4.69, 9.17) is 4.74 Å². The average molecular weight is 501 g/mol. The number of nitrogens with zero attached hydrogens (tertiary/aromatic N) is 2. The second-order valence-corrected chi connectivity index (χ2v) is 10.9. The van der Waals surface area contributed by atoms with Crippen molar-refractivity contribution < 1.29 is 35.5 Å². The van der Waals surface area contributed by atoms with Crippen molar-refractivity contribution in [1.82, 2.24) is 4.31 Å². The number of anilines is 1. The molecule has 2 aliphatic heterocycles. The Morgan fingerprint density at radius 1 is 1.00 bits per heavy atom. The molecule has 34 heavy (non-hydrogen) atoms. The summed E-state index contributed by atoms with van der Waals surface area (Å²) in [6.45, 7) is 3.19. The molecule has 2 atom stereocenters. The van der Waals surface area contributed by atoms with Gasteiger partial charge in [0.15, 0.2) is 0 Å². The number of piperidine rings is 1. The summed E-state index contributed by atoms with van der Waals surface area (Å²) in [5, 5.41) is 0. The van der Waals surface area contributed by atoms with Crippen LogP contribution in [0.3, 0.4) is 0 Å². The molecule has 1 saturated carbocycles. The predicted molar refractivity (Wildman–Crippen MR) is 115 cm³/mol. The summed E-state index contributed by atoms with van der Waals surface area (Å²) in [6, 6.07) is 9.54. The van der Waals surface area contributed by atoms with E-state index in [2.05, 4.69) is 4.74 Å². The van der Waals surface area contributed by atoms with E-state index in [1.807, 2.05) is 11.0 Å². The molecule has 0 amide bonds. The molecule has 3 fully saturated rings. The number of rotatable bonds is 6. The first kappa shape index (κ1) is 23.4. The van der Waals surface area contributed by atoms with Gasteiger partial charge < -0.3 is 14.4 Å². The van der Waals surface area contributed by atoms with E-state index in [-0.39, 0.29) is 22.5 Å². The largest absolute Gasteiger partial charge is 0.573 e. The maximum atomic E-state index is 14.7. The standard InChI is InChI=1S/C23H24F4N2O4S/c24-21-12-15(1-6-22(21)28-7-9-32-10-8-28)11-18-19-13-29(14-20(18)19)34(30,31)17-4-2-16(3-5-17)33-23(25,26)27/h1-6,12,18-20H,7-11,13-14H2. The fourth-order valence-corrected chi connectivity index (χ4v) is 6.60. The Bertz CT molecular complexity index is 1140. The summed E-state index contributed by atoms with van der Waals surface area (Å²) < 4.78 is 87.9. The van der Waals surface area contributed by atoms with Gasteiger partial charge in [-0.25, -0.2) is 12.8 Å². The molecule has 3 aliphatic rings. The zero-order valence-corrected chi connectivity index (χ0v) is 19.0. The molecule has 11 heteroatoms. The van der Waals surface area contributed by atoms with Gasteiger partial charge in [0.25, 0.3) is 0 Å². The van der Waals surface area contributed by atoms with E-state index in [1.165, 1.54) is 4.31 Å². The maximum absolute atomic E-state index is 14.7. The summed E-state index contributed by atoms with van der Waals surface area (Å²) in [4.78, 5) is 1.90. The summed E-state index contributed by atoms with van der Waals surface area (Å²) in [5.74, 6) is -0.0353. The van der Waals surface area contributed by atoms with Crippen molar-refractivity contribution >= 4 is 15.7 Å². The van der Waals surface area contributed by atoms with E-state index in [0.29, 0.717) is 57.4 Å². The first-order valence-electron chi connectivity index (χ1n) is 11.1. The summed E-state index contributed by atoms with van der Waals surface area (Å²) >= 11 is 0. The molecule has 0 radical (unpaired) electrons. The van der Waals surface area contributed by atoms with Crippen LogP contribution in [-0.4, -0.2) is 58.5 Å². The molecule has 0 bridgehead atoms. The van der Waals surface area contributed by atoms with E-state index < -0.39 is 22.1 Å². The number of fused-ring (bicyclic) bond motifs is 1. The van der Waals surface area contributed by atoms with Gasteiger partial charge in [0, 0.05) is 26.2 Å². The normalized spacial score (nSPS) is 25.3. The molecule has 2 heterocycles. The summed E-state index contributed by atoms with van der Waals surface area (Å²) in [6.07, 6.45) is -4.15. The highest BCUT2D eigenvalue weighted by Crippen LogP contribution is 2.54. The molecule has 0 aromatic heterocycles. The molecule has 184 valence electrons. The minimum Gasteiger partial charge on any atom is -0.406 e. The molecule has 6 nitrogen and oxygen atoms in total. The van der Waals surface area contributed by atoms with Crippen molar-refractivity contribution in [3.63, 3.8) is 0 Å². The molecule has 5 rings (SSSR count). The highest BCUT2D eigenvalue weighted by atomic mass is 32.2. The van der Waals surface area contributed by atoms with Gasteiger partial charge in [0.2, 0.25) is 10.0 Å². The Morgan fingerprint density at radius 2 is 1.65 bits per heavy atom. The predicted octanol–water partition coefficient (Wildman–Crippen LogP) is 3.67. The third-order valence-corrected chi connectivity index (χ3v) is 8.71. The Morgan fingerprint density at radius 3 is 2.24 bits per heavy atom. The highest BCUT2D eigenvalue weighted by molar-refractivity contribution is 7.89. The van der Waals surface area contributed by atoms with Gasteiger partial charge in [-0.15, -0.1) is 13.2 Å². The van der Waals surface area contributed by atoms with Gasteiger partial charge in [0.1, 0.15) is 11.6 Å². The third-order valence-electron chi connectivity index (χ3n) is 6.87. The van der Waals surface area contributed by atoms with Crippen molar-refractivity contribution in [3.8, 4) is 5.75 Å². The second kappa shape index (κ2) is 8.69. The van der Waals surface area contributed by atoms with Crippen LogP contribution in [0.1, 0.15) is 5.56 Å². The molecule has 0 N–H and O–H groups in total. The van der Waals surface area contributed by atoms with Gasteiger partial charge in [0.05, 0.1) is 23.8 Å². The topological polar surface area (TPSA) is 59.1 Å². The first-order chi connectivity index (χ1) is 16.1. The number of sulfonamides is 1. The lowest BCUT2D eigenvalue weighted by atomic mass is 10.0. The third kappa shape index (κ3) is 4.73. The number of ether oxygens (including phenoxy) is 2. The minimum atomic E-state index is -4.84. The van der Waals surface area contributed by atoms with Crippen molar-refractivity contribution in [3.05, 3.63) is 53.8 Å². The van der Waals surface area contributed by atoms with Crippen LogP contribution in [0.25, 0.3) is 0 Å². The van der Waals surface area contributed by atoms with E-state index in [1.54, 1.807) is 12.1 Å². The van der Waals surface area contributed by atoms with Gasteiger partial charge in [-0.3, -0.25) is 0 Å². The lowest BCUT2D eigenvalue weighted by Crippen LogP contribution is -2.36. The number of hydrogen-bond acceptors (Lipinski definition) is 5. The van der Waals surface area contributed by atoms with Crippen LogP contribution in [0, 0.1) is 23.6 Å². The van der Waals surface area contributed by atoms with Gasteiger partial charge in [-0.1, -0.05) is 6.07 Å². The van der Waals surface area contributed by atoms with E-state index >= 15 is 0 Å². The number of benzene rings is 2. The molecule has 2 aromatic rings. The van der Waals surface area contributed by atoms with Crippen LogP contribution in [0.15, 0.2) is 47.4 Å². The van der Waals surface area contributed by atoms with Crippen LogP contribution in [0.5, 0.6) is 5.75 Å². The molecule has 2 unspecified atom stereocenters. The Kier molecular flexibility index (Phi) is 5.97. The summed E-state index contributed by atoms with van der Waals surface area (Å²) in [5.41, 5.74) is 1.47. The average Bonchev–Trinajstić information content (AvgIpc) is 3.21. The number of hydrogen-bond donors (Lipinski definition) is 0. The van der Waals surface area contributed by atoms with Crippen molar-refractivity contribution in [2.75, 3.05) is 44.3 Å².